The van der Waals surface area contributed by atoms with Crippen molar-refractivity contribution in [3.8, 4) is 17.0 Å². The predicted octanol–water partition coefficient (Wildman–Crippen LogP) is 4.83. The van der Waals surface area contributed by atoms with Crippen LogP contribution in [-0.2, 0) is 4.79 Å². The van der Waals surface area contributed by atoms with Crippen LogP contribution in [0, 0.1) is 10.1 Å². The van der Waals surface area contributed by atoms with Crippen LogP contribution in [0.1, 0.15) is 6.92 Å². The van der Waals surface area contributed by atoms with Crippen LogP contribution < -0.4 is 10.1 Å². The lowest BCUT2D eigenvalue weighted by Crippen LogP contribution is -2.30. The first-order chi connectivity index (χ1) is 13.3. The largest absolute Gasteiger partial charge is 0.473 e. The van der Waals surface area contributed by atoms with E-state index in [1.807, 2.05) is 0 Å². The van der Waals surface area contributed by atoms with E-state index in [1.165, 1.54) is 36.6 Å². The summed E-state index contributed by atoms with van der Waals surface area (Å²) in [5, 5.41) is 16.5. The molecule has 0 fully saturated rings. The van der Waals surface area contributed by atoms with Gasteiger partial charge in [0, 0.05) is 10.9 Å². The van der Waals surface area contributed by atoms with Crippen molar-refractivity contribution in [3.63, 3.8) is 0 Å². The van der Waals surface area contributed by atoms with E-state index in [0.717, 1.165) is 5.56 Å². The van der Waals surface area contributed by atoms with Crippen molar-refractivity contribution in [2.24, 2.45) is 0 Å². The van der Waals surface area contributed by atoms with E-state index in [2.05, 4.69) is 15.3 Å². The molecule has 2 aromatic heterocycles. The van der Waals surface area contributed by atoms with Crippen molar-refractivity contribution < 1.29 is 14.5 Å². The first-order valence-corrected chi connectivity index (χ1v) is 9.46. The second kappa shape index (κ2) is 8.51. The highest BCUT2D eigenvalue weighted by molar-refractivity contribution is 7.14. The number of anilines is 1. The standard InChI is InChI=1S/C17H12Cl2N4O4S/c1-9(27-14-3-2-6-20-15(14)23(25)26)16(24)22-17-21-13(8-28-17)10-4-5-11(18)12(19)7-10/h2-9H,1H3,(H,21,22,24)/t9-/m1/s1. The van der Waals surface area contributed by atoms with E-state index < -0.39 is 22.8 Å². The van der Waals surface area contributed by atoms with Gasteiger partial charge in [0.05, 0.1) is 15.7 Å². The van der Waals surface area contributed by atoms with Crippen LogP contribution in [0.4, 0.5) is 10.9 Å². The first-order valence-electron chi connectivity index (χ1n) is 7.83. The monoisotopic (exact) mass is 438 g/mol. The molecule has 144 valence electrons. The van der Waals surface area contributed by atoms with Gasteiger partial charge in [0.25, 0.3) is 5.91 Å². The fourth-order valence-corrected chi connectivity index (χ4v) is 3.20. The number of benzene rings is 1. The van der Waals surface area contributed by atoms with Gasteiger partial charge >= 0.3 is 5.82 Å². The van der Waals surface area contributed by atoms with Gasteiger partial charge in [-0.05, 0) is 41.1 Å². The zero-order valence-electron chi connectivity index (χ0n) is 14.3. The number of nitro groups is 1. The molecule has 3 rings (SSSR count). The molecule has 0 radical (unpaired) electrons. The SMILES string of the molecule is C[C@@H](Oc1cccnc1[N+](=O)[O-])C(=O)Nc1nc(-c2ccc(Cl)c(Cl)c2)cs1. The number of carbonyl (C=O) groups is 1. The van der Waals surface area contributed by atoms with Crippen LogP contribution in [0.3, 0.4) is 0 Å². The number of hydrogen-bond donors (Lipinski definition) is 1. The van der Waals surface area contributed by atoms with Gasteiger partial charge in [0.15, 0.2) is 11.2 Å². The van der Waals surface area contributed by atoms with Gasteiger partial charge in [-0.25, -0.2) is 4.98 Å². The lowest BCUT2D eigenvalue weighted by Gasteiger charge is -2.13. The quantitative estimate of drug-likeness (QED) is 0.436. The van der Waals surface area contributed by atoms with Gasteiger partial charge in [-0.1, -0.05) is 29.3 Å². The maximum absolute atomic E-state index is 12.3. The van der Waals surface area contributed by atoms with E-state index in [4.69, 9.17) is 27.9 Å². The molecule has 0 spiro atoms. The van der Waals surface area contributed by atoms with Crippen LogP contribution in [0.15, 0.2) is 41.9 Å². The minimum absolute atomic E-state index is 0.0919. The van der Waals surface area contributed by atoms with Gasteiger partial charge in [0.1, 0.15) is 6.20 Å². The smallest absolute Gasteiger partial charge is 0.406 e. The Labute approximate surface area is 173 Å². The third-order valence-electron chi connectivity index (χ3n) is 3.55. The molecule has 0 unspecified atom stereocenters. The fraction of sp³-hybridized carbons (Fsp3) is 0.118. The molecule has 1 amide bonds. The molecule has 8 nitrogen and oxygen atoms in total. The minimum atomic E-state index is -1.000. The molecule has 0 saturated heterocycles. The minimum Gasteiger partial charge on any atom is -0.473 e. The van der Waals surface area contributed by atoms with Crippen molar-refractivity contribution in [2.75, 3.05) is 5.32 Å². The topological polar surface area (TPSA) is 107 Å². The highest BCUT2D eigenvalue weighted by atomic mass is 35.5. The molecule has 0 bridgehead atoms. The zero-order valence-corrected chi connectivity index (χ0v) is 16.6. The number of halogens is 2. The van der Waals surface area contributed by atoms with E-state index >= 15 is 0 Å². The Balaban J connectivity index is 1.69. The molecule has 28 heavy (non-hydrogen) atoms. The van der Waals surface area contributed by atoms with E-state index in [-0.39, 0.29) is 5.75 Å². The number of amides is 1. The van der Waals surface area contributed by atoms with Crippen molar-refractivity contribution in [1.29, 1.82) is 0 Å². The Kier molecular flexibility index (Phi) is 6.08. The summed E-state index contributed by atoms with van der Waals surface area (Å²) < 4.78 is 5.39. The summed E-state index contributed by atoms with van der Waals surface area (Å²) in [5.41, 5.74) is 1.37. The third-order valence-corrected chi connectivity index (χ3v) is 5.04. The van der Waals surface area contributed by atoms with E-state index in [0.29, 0.717) is 20.9 Å². The average Bonchev–Trinajstić information content (AvgIpc) is 3.12. The average molecular weight is 439 g/mol. The van der Waals surface area contributed by atoms with E-state index in [9.17, 15) is 14.9 Å². The van der Waals surface area contributed by atoms with Gasteiger partial charge in [0.2, 0.25) is 5.75 Å². The maximum atomic E-state index is 12.3. The second-order valence-corrected chi connectivity index (χ2v) is 7.17. The number of nitrogens with one attached hydrogen (secondary N) is 1. The highest BCUT2D eigenvalue weighted by Gasteiger charge is 2.22. The number of aromatic nitrogens is 2. The van der Waals surface area contributed by atoms with Crippen LogP contribution in [0.25, 0.3) is 11.3 Å². The highest BCUT2D eigenvalue weighted by Crippen LogP contribution is 2.30. The van der Waals surface area contributed by atoms with Crippen molar-refractivity contribution in [2.45, 2.75) is 13.0 Å². The summed E-state index contributed by atoms with van der Waals surface area (Å²) in [5.74, 6) is -1.06. The molecule has 0 aliphatic heterocycles. The second-order valence-electron chi connectivity index (χ2n) is 5.50. The molecule has 0 saturated carbocycles. The van der Waals surface area contributed by atoms with Crippen molar-refractivity contribution in [3.05, 3.63) is 62.1 Å². The molecule has 1 N–H and O–H groups in total. The Morgan fingerprint density at radius 2 is 2.11 bits per heavy atom. The predicted molar refractivity (Wildman–Crippen MR) is 107 cm³/mol. The number of carbonyl (C=O) groups excluding carboxylic acids is 1. The van der Waals surface area contributed by atoms with Crippen LogP contribution in [0.5, 0.6) is 5.75 Å². The van der Waals surface area contributed by atoms with Crippen molar-refractivity contribution in [1.82, 2.24) is 9.97 Å². The number of hydrogen-bond acceptors (Lipinski definition) is 7. The first kappa shape index (κ1) is 20.0. The number of nitrogens with zero attached hydrogens (tertiary/aromatic N) is 3. The van der Waals surface area contributed by atoms with Crippen LogP contribution in [0.2, 0.25) is 10.0 Å². The lowest BCUT2D eigenvalue weighted by molar-refractivity contribution is -0.390. The zero-order chi connectivity index (χ0) is 20.3. The number of pyridine rings is 1. The fourth-order valence-electron chi connectivity index (χ4n) is 2.18. The molecular formula is C17H12Cl2N4O4S. The molecule has 0 aliphatic rings. The van der Waals surface area contributed by atoms with Gasteiger partial charge in [-0.15, -0.1) is 11.3 Å². The molecule has 3 aromatic rings. The Morgan fingerprint density at radius 3 is 2.82 bits per heavy atom. The number of thiazole rings is 1. The van der Waals surface area contributed by atoms with Crippen LogP contribution in [-0.4, -0.2) is 26.9 Å². The normalized spacial score (nSPS) is 11.7. The third kappa shape index (κ3) is 4.56. The molecule has 11 heteroatoms. The summed E-state index contributed by atoms with van der Waals surface area (Å²) in [4.78, 5) is 30.6. The lowest BCUT2D eigenvalue weighted by atomic mass is 10.2. The summed E-state index contributed by atoms with van der Waals surface area (Å²) in [6.45, 7) is 1.47. The van der Waals surface area contributed by atoms with Gasteiger partial charge in [-0.2, -0.15) is 0 Å². The molecule has 1 atom stereocenters. The number of rotatable bonds is 6. The van der Waals surface area contributed by atoms with Crippen molar-refractivity contribution >= 4 is 51.4 Å². The summed E-state index contributed by atoms with van der Waals surface area (Å²) >= 11 is 13.1. The molecular weight excluding hydrogens is 427 g/mol. The van der Waals surface area contributed by atoms with Crippen LogP contribution >= 0.6 is 34.5 Å². The Hall–Kier alpha value is -2.75. The summed E-state index contributed by atoms with van der Waals surface area (Å²) in [7, 11) is 0. The molecule has 2 heterocycles. The Morgan fingerprint density at radius 1 is 1.32 bits per heavy atom. The van der Waals surface area contributed by atoms with E-state index in [1.54, 1.807) is 23.6 Å². The number of ether oxygens (including phenoxy) is 1. The molecule has 0 aliphatic carbocycles. The molecule has 1 aromatic carbocycles. The Bertz CT molecular complexity index is 1040. The van der Waals surface area contributed by atoms with Gasteiger partial charge in [-0.3, -0.25) is 10.1 Å². The van der Waals surface area contributed by atoms with Gasteiger partial charge < -0.3 is 14.9 Å². The maximum Gasteiger partial charge on any atom is 0.406 e. The summed E-state index contributed by atoms with van der Waals surface area (Å²) in [6.07, 6.45) is 0.274. The summed E-state index contributed by atoms with van der Waals surface area (Å²) in [6, 6.07) is 7.96.